The minimum atomic E-state index is -1.44. The summed E-state index contributed by atoms with van der Waals surface area (Å²) in [6, 6.07) is 4.64. The van der Waals surface area contributed by atoms with Crippen LogP contribution in [-0.2, 0) is 16.1 Å². The van der Waals surface area contributed by atoms with Crippen LogP contribution in [0.5, 0.6) is 5.75 Å². The molecule has 0 radical (unpaired) electrons. The van der Waals surface area contributed by atoms with Gasteiger partial charge in [-0.2, -0.15) is 0 Å². The first kappa shape index (κ1) is 21.6. The van der Waals surface area contributed by atoms with Gasteiger partial charge in [0, 0.05) is 5.38 Å². The van der Waals surface area contributed by atoms with Crippen molar-refractivity contribution in [2.45, 2.75) is 26.2 Å². The molecular weight excluding hydrogens is 411 g/mol. The fraction of sp³-hybridized carbons (Fsp3) is 0.333. The van der Waals surface area contributed by atoms with Gasteiger partial charge in [-0.25, -0.2) is 9.78 Å². The van der Waals surface area contributed by atoms with Crippen molar-refractivity contribution in [1.82, 2.24) is 10.3 Å². The van der Waals surface area contributed by atoms with Gasteiger partial charge in [0.05, 0.1) is 11.5 Å². The zero-order valence-corrected chi connectivity index (χ0v) is 17.2. The molecule has 158 valence electrons. The molecule has 0 fully saturated rings. The van der Waals surface area contributed by atoms with Crippen LogP contribution in [0, 0.1) is 5.92 Å². The van der Waals surface area contributed by atoms with Crippen molar-refractivity contribution in [1.29, 1.82) is 0 Å². The predicted octanol–water partition coefficient (Wildman–Crippen LogP) is 0.940. The quantitative estimate of drug-likeness (QED) is 0.286. The molecule has 1 aromatic carbocycles. The molecule has 0 saturated carbocycles. The number of rotatable bonds is 7. The Morgan fingerprint density at radius 3 is 2.90 bits per heavy atom. The first-order valence-electron chi connectivity index (χ1n) is 9.18. The molecule has 1 aromatic heterocycles. The van der Waals surface area contributed by atoms with E-state index in [0.29, 0.717) is 12.2 Å². The summed E-state index contributed by atoms with van der Waals surface area (Å²) < 4.78 is 5.40. The number of thiazole rings is 1. The standard InChI is InChI=1S/C18H21BN4O6S/c1-9(2)7-28-23-14(12-8-30-18(20)21-12)16(24)22-13-6-10-4-3-5-11(17(25)26)15(10)29-19(13)27/h3-5,8-9,13,27H,6-7H2,1-2H3,(H2,20,21)(H,22,24)(H,25,26)/b23-14-/t13-/m0/s1. The van der Waals surface area contributed by atoms with Crippen LogP contribution in [0.2, 0.25) is 0 Å². The number of amides is 1. The Bertz CT molecular complexity index is 979. The lowest BCUT2D eigenvalue weighted by Crippen LogP contribution is -2.54. The molecule has 0 unspecified atom stereocenters. The summed E-state index contributed by atoms with van der Waals surface area (Å²) in [5, 5.41) is 28.0. The zero-order chi connectivity index (χ0) is 21.8. The Morgan fingerprint density at radius 1 is 1.50 bits per heavy atom. The number of oxime groups is 1. The van der Waals surface area contributed by atoms with E-state index in [4.69, 9.17) is 15.2 Å². The SMILES string of the molecule is CC(C)CO/N=C(\C(=O)N[C@H]1Cc2cccc(C(=O)O)c2OB1O)c1csc(N)n1. The molecule has 0 saturated heterocycles. The Kier molecular flexibility index (Phi) is 6.58. The Balaban J connectivity index is 1.80. The van der Waals surface area contributed by atoms with E-state index >= 15 is 0 Å². The number of hydrogen-bond acceptors (Lipinski definition) is 9. The van der Waals surface area contributed by atoms with Gasteiger partial charge in [-0.15, -0.1) is 11.3 Å². The highest BCUT2D eigenvalue weighted by atomic mass is 32.1. The number of aromatic carboxylic acids is 1. The van der Waals surface area contributed by atoms with E-state index < -0.39 is 24.9 Å². The van der Waals surface area contributed by atoms with Gasteiger partial charge in [-0.3, -0.25) is 4.79 Å². The summed E-state index contributed by atoms with van der Waals surface area (Å²) in [4.78, 5) is 33.6. The van der Waals surface area contributed by atoms with Crippen LogP contribution in [0.3, 0.4) is 0 Å². The monoisotopic (exact) mass is 432 g/mol. The van der Waals surface area contributed by atoms with Crippen molar-refractivity contribution in [2.75, 3.05) is 12.3 Å². The number of carboxylic acids is 1. The predicted molar refractivity (Wildman–Crippen MR) is 111 cm³/mol. The van der Waals surface area contributed by atoms with Crippen LogP contribution in [0.15, 0.2) is 28.7 Å². The van der Waals surface area contributed by atoms with Gasteiger partial charge in [0.1, 0.15) is 18.1 Å². The second-order valence-corrected chi connectivity index (χ2v) is 7.98. The number of carboxylic acid groups (broad SMARTS) is 1. The second kappa shape index (κ2) is 9.14. The number of para-hydroxylation sites is 1. The Morgan fingerprint density at radius 2 is 2.27 bits per heavy atom. The average Bonchev–Trinajstić information content (AvgIpc) is 3.10. The van der Waals surface area contributed by atoms with E-state index in [0.717, 1.165) is 11.3 Å². The van der Waals surface area contributed by atoms with Gasteiger partial charge in [-0.1, -0.05) is 31.1 Å². The molecule has 12 heteroatoms. The number of anilines is 1. The van der Waals surface area contributed by atoms with Crippen LogP contribution in [0.25, 0.3) is 0 Å². The summed E-state index contributed by atoms with van der Waals surface area (Å²) in [6.07, 6.45) is 0.169. The van der Waals surface area contributed by atoms with E-state index in [1.54, 1.807) is 17.5 Å². The number of nitrogens with zero attached hydrogens (tertiary/aromatic N) is 2. The summed E-state index contributed by atoms with van der Waals surface area (Å²) in [6.45, 7) is 4.18. The highest BCUT2D eigenvalue weighted by Crippen LogP contribution is 2.30. The van der Waals surface area contributed by atoms with Crippen molar-refractivity contribution in [3.05, 3.63) is 40.4 Å². The van der Waals surface area contributed by atoms with Crippen molar-refractivity contribution in [3.63, 3.8) is 0 Å². The number of nitrogens with two attached hydrogens (primary N) is 1. The number of benzene rings is 1. The molecular formula is C18H21BN4O6S. The van der Waals surface area contributed by atoms with Crippen LogP contribution in [0.4, 0.5) is 5.13 Å². The number of nitrogen functional groups attached to an aromatic ring is 1. The Hall–Kier alpha value is -3.12. The van der Waals surface area contributed by atoms with Crippen molar-refractivity contribution in [3.8, 4) is 5.75 Å². The lowest BCUT2D eigenvalue weighted by atomic mass is 9.72. The van der Waals surface area contributed by atoms with E-state index in [1.807, 2.05) is 13.8 Å². The topological polar surface area (TPSA) is 156 Å². The van der Waals surface area contributed by atoms with Crippen molar-refractivity contribution < 1.29 is 29.2 Å². The largest absolute Gasteiger partial charge is 0.547 e. The lowest BCUT2D eigenvalue weighted by molar-refractivity contribution is -0.115. The van der Waals surface area contributed by atoms with Gasteiger partial charge in [0.15, 0.2) is 10.8 Å². The maximum atomic E-state index is 12.9. The molecule has 2 aromatic rings. The van der Waals surface area contributed by atoms with Crippen LogP contribution in [-0.4, -0.2) is 52.4 Å². The summed E-state index contributed by atoms with van der Waals surface area (Å²) in [5.41, 5.74) is 6.33. The molecule has 2 heterocycles. The minimum Gasteiger partial charge on any atom is -0.534 e. The maximum absolute atomic E-state index is 12.9. The highest BCUT2D eigenvalue weighted by Gasteiger charge is 2.38. The van der Waals surface area contributed by atoms with E-state index in [9.17, 15) is 19.7 Å². The van der Waals surface area contributed by atoms with Gasteiger partial charge in [0.2, 0.25) is 0 Å². The summed E-state index contributed by atoms with van der Waals surface area (Å²) in [5.74, 6) is -2.34. The van der Waals surface area contributed by atoms with Gasteiger partial charge in [0.25, 0.3) is 5.91 Å². The number of hydrogen-bond donors (Lipinski definition) is 4. The smallest absolute Gasteiger partial charge is 0.534 e. The summed E-state index contributed by atoms with van der Waals surface area (Å²) in [7, 11) is -1.44. The van der Waals surface area contributed by atoms with Gasteiger partial charge in [-0.05, 0) is 24.0 Å². The first-order chi connectivity index (χ1) is 14.3. The molecule has 0 aliphatic carbocycles. The number of carbonyl (C=O) groups is 2. The third-order valence-electron chi connectivity index (χ3n) is 4.21. The fourth-order valence-corrected chi connectivity index (χ4v) is 3.35. The van der Waals surface area contributed by atoms with Gasteiger partial charge < -0.3 is 30.7 Å². The van der Waals surface area contributed by atoms with Crippen LogP contribution < -0.4 is 15.7 Å². The molecule has 0 bridgehead atoms. The number of carbonyl (C=O) groups excluding carboxylic acids is 1. The van der Waals surface area contributed by atoms with Gasteiger partial charge >= 0.3 is 13.1 Å². The number of aromatic nitrogens is 1. The second-order valence-electron chi connectivity index (χ2n) is 7.09. The third kappa shape index (κ3) is 4.89. The molecule has 1 aliphatic rings. The molecule has 30 heavy (non-hydrogen) atoms. The molecule has 1 aliphatic heterocycles. The highest BCUT2D eigenvalue weighted by molar-refractivity contribution is 7.13. The number of nitrogens with one attached hydrogen (secondary N) is 1. The van der Waals surface area contributed by atoms with Crippen LogP contribution in [0.1, 0.15) is 35.5 Å². The van der Waals surface area contributed by atoms with E-state index in [1.165, 1.54) is 6.07 Å². The fourth-order valence-electron chi connectivity index (χ4n) is 2.80. The molecule has 3 rings (SSSR count). The van der Waals surface area contributed by atoms with Crippen molar-refractivity contribution in [2.24, 2.45) is 11.1 Å². The normalized spacial score (nSPS) is 16.1. The number of fused-ring (bicyclic) bond motifs is 1. The lowest BCUT2D eigenvalue weighted by Gasteiger charge is -2.28. The molecule has 1 atom stereocenters. The summed E-state index contributed by atoms with van der Waals surface area (Å²) >= 11 is 1.15. The first-order valence-corrected chi connectivity index (χ1v) is 10.1. The van der Waals surface area contributed by atoms with Crippen LogP contribution >= 0.6 is 11.3 Å². The zero-order valence-electron chi connectivity index (χ0n) is 16.4. The maximum Gasteiger partial charge on any atom is 0.547 e. The van der Waals surface area contributed by atoms with E-state index in [2.05, 4.69) is 15.5 Å². The van der Waals surface area contributed by atoms with Crippen molar-refractivity contribution >= 4 is 41.2 Å². The molecule has 1 amide bonds. The third-order valence-corrected chi connectivity index (χ3v) is 4.88. The average molecular weight is 432 g/mol. The Labute approximate surface area is 176 Å². The molecule has 0 spiro atoms. The van der Waals surface area contributed by atoms with E-state index in [-0.39, 0.29) is 40.2 Å². The molecule has 5 N–H and O–H groups in total. The minimum absolute atomic E-state index is 0.0568. The molecule has 10 nitrogen and oxygen atoms in total.